The van der Waals surface area contributed by atoms with E-state index in [4.69, 9.17) is 4.84 Å². The second kappa shape index (κ2) is 8.47. The molecule has 0 spiro atoms. The molecule has 2 nitrogen and oxygen atoms in total. The van der Waals surface area contributed by atoms with Gasteiger partial charge in [0.2, 0.25) is 0 Å². The Hall–Kier alpha value is -3.13. The number of nitrogens with zero attached hydrogens (tertiary/aromatic N) is 1. The Labute approximate surface area is 193 Å². The zero-order chi connectivity index (χ0) is 27.4. The van der Waals surface area contributed by atoms with E-state index in [1.165, 1.54) is 48.5 Å². The van der Waals surface area contributed by atoms with Crippen LogP contribution in [0.4, 0.5) is 62.8 Å². The van der Waals surface area contributed by atoms with E-state index in [0.717, 1.165) is 12.1 Å². The van der Waals surface area contributed by atoms with Crippen molar-refractivity contribution < 1.29 is 61.9 Å². The van der Waals surface area contributed by atoms with Crippen molar-refractivity contribution in [1.29, 1.82) is 0 Å². The fraction of sp³-hybridized carbons (Fsp3) is 0.333. The molecule has 2 aromatic rings. The fourth-order valence-electron chi connectivity index (χ4n) is 3.30. The van der Waals surface area contributed by atoms with Crippen LogP contribution in [-0.2, 0) is 4.84 Å². The van der Waals surface area contributed by atoms with E-state index >= 15 is 0 Å². The van der Waals surface area contributed by atoms with Gasteiger partial charge in [-0.2, -0.15) is 62.1 Å². The number of rotatable bonds is 7. The molecule has 0 N–H and O–H groups in total. The monoisotopic (exact) mass is 541 g/mol. The number of para-hydroxylation sites is 1. The molecule has 0 saturated heterocycles. The fourth-order valence-corrected chi connectivity index (χ4v) is 3.30. The van der Waals surface area contributed by atoms with Crippen molar-refractivity contribution in [3.05, 3.63) is 78.1 Å². The van der Waals surface area contributed by atoms with Crippen LogP contribution in [-0.4, -0.2) is 35.8 Å². The van der Waals surface area contributed by atoms with Crippen molar-refractivity contribution in [3.8, 4) is 0 Å². The van der Waals surface area contributed by atoms with Gasteiger partial charge in [0.05, 0.1) is 11.3 Å². The average molecular weight is 541 g/mol. The number of hydrogen-bond donors (Lipinski definition) is 0. The predicted molar refractivity (Wildman–Crippen MR) is 98.1 cm³/mol. The normalized spacial score (nSPS) is 18.2. The van der Waals surface area contributed by atoms with E-state index in [0.29, 0.717) is 5.06 Å². The summed E-state index contributed by atoms with van der Waals surface area (Å²) in [6, 6.07) is 10.2. The van der Waals surface area contributed by atoms with Crippen molar-refractivity contribution in [2.24, 2.45) is 0 Å². The van der Waals surface area contributed by atoms with Crippen LogP contribution in [0.2, 0.25) is 0 Å². The lowest BCUT2D eigenvalue weighted by Crippen LogP contribution is -2.70. The summed E-state index contributed by atoms with van der Waals surface area (Å²) in [5.74, 6) is -37.6. The van der Waals surface area contributed by atoms with Gasteiger partial charge in [0, 0.05) is 0 Å². The molecule has 0 fully saturated rings. The molecule has 1 heterocycles. The van der Waals surface area contributed by atoms with Crippen LogP contribution >= 0.6 is 0 Å². The lowest BCUT2D eigenvalue weighted by Gasteiger charge is -2.40. The molecule has 0 saturated carbocycles. The summed E-state index contributed by atoms with van der Waals surface area (Å²) in [7, 11) is 0. The number of halogens is 13. The smallest absolute Gasteiger partial charge is 0.386 e. The molecule has 0 aromatic heterocycles. The van der Waals surface area contributed by atoms with Gasteiger partial charge in [-0.1, -0.05) is 48.5 Å². The lowest BCUT2D eigenvalue weighted by molar-refractivity contribution is -0.437. The van der Waals surface area contributed by atoms with E-state index < -0.39 is 47.4 Å². The molecule has 15 heteroatoms. The standard InChI is InChI=1S/C21H12F13NO/c22-16(23,17(24,25)18(26,27)19(28,29)20(30,31)21(32,33)34)14-11-36-35(13-9-5-2-6-10-13)15(14)12-7-3-1-4-8-12/h1-11,15H. The van der Waals surface area contributed by atoms with Crippen molar-refractivity contribution in [2.45, 2.75) is 41.8 Å². The Morgan fingerprint density at radius 1 is 0.556 bits per heavy atom. The van der Waals surface area contributed by atoms with Crippen molar-refractivity contribution in [1.82, 2.24) is 0 Å². The van der Waals surface area contributed by atoms with Crippen LogP contribution in [0.15, 0.2) is 72.5 Å². The molecule has 2 aromatic carbocycles. The molecule has 36 heavy (non-hydrogen) atoms. The van der Waals surface area contributed by atoms with Gasteiger partial charge in [-0.25, -0.2) is 0 Å². The molecule has 0 bridgehead atoms. The van der Waals surface area contributed by atoms with Gasteiger partial charge < -0.3 is 4.84 Å². The quantitative estimate of drug-likeness (QED) is 0.332. The third kappa shape index (κ3) is 3.82. The van der Waals surface area contributed by atoms with Crippen LogP contribution < -0.4 is 5.06 Å². The van der Waals surface area contributed by atoms with Crippen LogP contribution in [0.25, 0.3) is 0 Å². The summed E-state index contributed by atoms with van der Waals surface area (Å²) in [4.78, 5) is 4.82. The Morgan fingerprint density at radius 2 is 1.00 bits per heavy atom. The first-order valence-corrected chi connectivity index (χ1v) is 9.54. The van der Waals surface area contributed by atoms with Gasteiger partial charge >= 0.3 is 35.8 Å². The maximum absolute atomic E-state index is 15.0. The first kappa shape index (κ1) is 27.5. The maximum Gasteiger partial charge on any atom is 0.460 e. The van der Waals surface area contributed by atoms with E-state index in [1.54, 1.807) is 0 Å². The van der Waals surface area contributed by atoms with E-state index in [2.05, 4.69) is 0 Å². The molecule has 1 unspecified atom stereocenters. The lowest BCUT2D eigenvalue weighted by atomic mass is 9.86. The summed E-state index contributed by atoms with van der Waals surface area (Å²) in [5, 5.41) is 0.509. The van der Waals surface area contributed by atoms with Gasteiger partial charge in [-0.05, 0) is 17.7 Å². The van der Waals surface area contributed by atoms with E-state index in [1.807, 2.05) is 0 Å². The maximum atomic E-state index is 15.0. The molecule has 1 aliphatic heterocycles. The Balaban J connectivity index is 2.13. The number of anilines is 1. The molecule has 0 aliphatic carbocycles. The molecule has 1 atom stereocenters. The summed E-state index contributed by atoms with van der Waals surface area (Å²) < 4.78 is 178. The second-order valence-corrected chi connectivity index (χ2v) is 7.52. The minimum atomic E-state index is -7.98. The minimum absolute atomic E-state index is 0.114. The Bertz CT molecular complexity index is 1100. The van der Waals surface area contributed by atoms with Crippen molar-refractivity contribution >= 4 is 5.69 Å². The first-order chi connectivity index (χ1) is 16.3. The first-order valence-electron chi connectivity index (χ1n) is 9.54. The highest BCUT2D eigenvalue weighted by Crippen LogP contribution is 2.62. The highest BCUT2D eigenvalue weighted by molar-refractivity contribution is 5.52. The molecule has 1 aliphatic rings. The molecule has 198 valence electrons. The third-order valence-electron chi connectivity index (χ3n) is 5.24. The largest absolute Gasteiger partial charge is 0.460 e. The zero-order valence-corrected chi connectivity index (χ0v) is 17.2. The van der Waals surface area contributed by atoms with Gasteiger partial charge in [0.1, 0.15) is 12.3 Å². The Morgan fingerprint density at radius 3 is 1.47 bits per heavy atom. The van der Waals surface area contributed by atoms with Crippen molar-refractivity contribution in [2.75, 3.05) is 5.06 Å². The summed E-state index contributed by atoms with van der Waals surface area (Å²) >= 11 is 0. The highest BCUT2D eigenvalue weighted by atomic mass is 19.4. The van der Waals surface area contributed by atoms with Crippen molar-refractivity contribution in [3.63, 3.8) is 0 Å². The van der Waals surface area contributed by atoms with Crippen LogP contribution in [0.5, 0.6) is 0 Å². The summed E-state index contributed by atoms with van der Waals surface area (Å²) in [6.07, 6.45) is -7.66. The molecular weight excluding hydrogens is 529 g/mol. The average Bonchev–Trinajstić information content (AvgIpc) is 3.25. The van der Waals surface area contributed by atoms with Crippen LogP contribution in [0.1, 0.15) is 11.6 Å². The minimum Gasteiger partial charge on any atom is -0.386 e. The van der Waals surface area contributed by atoms with Gasteiger partial charge in [0.25, 0.3) is 0 Å². The zero-order valence-electron chi connectivity index (χ0n) is 17.2. The predicted octanol–water partition coefficient (Wildman–Crippen LogP) is 7.80. The Kier molecular flexibility index (Phi) is 6.46. The molecule has 0 amide bonds. The van der Waals surface area contributed by atoms with Gasteiger partial charge in [0.15, 0.2) is 0 Å². The third-order valence-corrected chi connectivity index (χ3v) is 5.24. The number of hydroxylamine groups is 1. The van der Waals surface area contributed by atoms with Crippen LogP contribution in [0.3, 0.4) is 0 Å². The number of benzene rings is 2. The van der Waals surface area contributed by atoms with Crippen LogP contribution in [0, 0.1) is 0 Å². The number of hydrogen-bond acceptors (Lipinski definition) is 2. The summed E-state index contributed by atoms with van der Waals surface area (Å²) in [6.45, 7) is 0. The van der Waals surface area contributed by atoms with Gasteiger partial charge in [-0.15, -0.1) is 0 Å². The summed E-state index contributed by atoms with van der Waals surface area (Å²) in [5.41, 5.74) is -2.54. The highest BCUT2D eigenvalue weighted by Gasteiger charge is 2.91. The topological polar surface area (TPSA) is 12.5 Å². The SMILES string of the molecule is FC(F)(F)C(F)(F)C(F)(F)C(F)(F)C(F)(F)C(F)(F)C1=CON(c2ccccc2)C1c1ccccc1. The molecule has 0 radical (unpaired) electrons. The van der Waals surface area contributed by atoms with E-state index in [9.17, 15) is 57.1 Å². The molecular formula is C21H12F13NO. The van der Waals surface area contributed by atoms with Gasteiger partial charge in [-0.3, -0.25) is 0 Å². The second-order valence-electron chi connectivity index (χ2n) is 7.52. The number of alkyl halides is 13. The molecule has 3 rings (SSSR count). The van der Waals surface area contributed by atoms with E-state index in [-0.39, 0.29) is 17.5 Å².